The minimum Gasteiger partial charge on any atom is -0.465 e. The average Bonchev–Trinajstić information content (AvgIpc) is 3.10. The van der Waals surface area contributed by atoms with E-state index in [0.717, 1.165) is 5.01 Å². The van der Waals surface area contributed by atoms with Crippen LogP contribution >= 0.6 is 11.3 Å². The molecule has 8 heteroatoms. The number of morpholine rings is 1. The Morgan fingerprint density at radius 1 is 1.29 bits per heavy atom. The van der Waals surface area contributed by atoms with Crippen LogP contribution in [0.5, 0.6) is 0 Å². The van der Waals surface area contributed by atoms with Crippen molar-refractivity contribution in [1.29, 1.82) is 0 Å². The minimum atomic E-state index is -0.894. The van der Waals surface area contributed by atoms with E-state index in [9.17, 15) is 14.7 Å². The number of thiazole rings is 1. The molecular formula is C20H31N3O4S. The first kappa shape index (κ1) is 21.0. The van der Waals surface area contributed by atoms with Crippen LogP contribution in [0.4, 0.5) is 4.79 Å². The number of hydrogen-bond acceptors (Lipinski definition) is 5. The third-order valence-corrected chi connectivity index (χ3v) is 6.84. The van der Waals surface area contributed by atoms with E-state index in [4.69, 9.17) is 4.74 Å². The molecular weight excluding hydrogens is 378 g/mol. The van der Waals surface area contributed by atoms with E-state index in [2.05, 4.69) is 39.6 Å². The van der Waals surface area contributed by atoms with Crippen molar-refractivity contribution in [3.63, 3.8) is 0 Å². The molecule has 2 amide bonds. The standard InChI is InChI=1S/C20H31N3O4S/c1-13(2)16-21-14(11-28-16)17(24)23-10-15(19(3,4)5)27-20(12-23)6-8-22(9-7-20)18(25)26/h11,13,15H,6-10,12H2,1-5H3,(H,25,26). The first-order chi connectivity index (χ1) is 13.0. The van der Waals surface area contributed by atoms with Gasteiger partial charge in [-0.2, -0.15) is 0 Å². The molecule has 0 aliphatic carbocycles. The fourth-order valence-electron chi connectivity index (χ4n) is 3.79. The predicted molar refractivity (Wildman–Crippen MR) is 108 cm³/mol. The Balaban J connectivity index is 1.82. The Morgan fingerprint density at radius 3 is 2.43 bits per heavy atom. The molecule has 1 aromatic heterocycles. The summed E-state index contributed by atoms with van der Waals surface area (Å²) in [4.78, 5) is 32.3. The Labute approximate surface area is 170 Å². The second-order valence-electron chi connectivity index (χ2n) is 9.34. The van der Waals surface area contributed by atoms with Gasteiger partial charge >= 0.3 is 6.09 Å². The third-order valence-electron chi connectivity index (χ3n) is 5.69. The molecule has 1 aromatic rings. The summed E-state index contributed by atoms with van der Waals surface area (Å²) < 4.78 is 6.54. The second-order valence-corrected chi connectivity index (χ2v) is 10.2. The van der Waals surface area contributed by atoms with E-state index >= 15 is 0 Å². The molecule has 156 valence electrons. The SMILES string of the molecule is CC(C)c1nc(C(=O)N2CC(C(C)(C)C)OC3(CCN(C(=O)O)CC3)C2)cs1. The van der Waals surface area contributed by atoms with Gasteiger partial charge in [-0.1, -0.05) is 34.6 Å². The molecule has 2 saturated heterocycles. The Kier molecular flexibility index (Phi) is 5.74. The number of aromatic nitrogens is 1. The lowest BCUT2D eigenvalue weighted by molar-refractivity contribution is -0.192. The first-order valence-electron chi connectivity index (χ1n) is 9.91. The van der Waals surface area contributed by atoms with Gasteiger partial charge in [-0.05, 0) is 18.3 Å². The summed E-state index contributed by atoms with van der Waals surface area (Å²) in [6.07, 6.45) is 0.202. The van der Waals surface area contributed by atoms with Crippen LogP contribution in [0.15, 0.2) is 5.38 Å². The zero-order valence-corrected chi connectivity index (χ0v) is 18.2. The maximum atomic E-state index is 13.2. The molecule has 2 aliphatic heterocycles. The summed E-state index contributed by atoms with van der Waals surface area (Å²) in [5.41, 5.74) is -0.114. The van der Waals surface area contributed by atoms with Gasteiger partial charge in [0, 0.05) is 30.9 Å². The van der Waals surface area contributed by atoms with Crippen LogP contribution in [0.3, 0.4) is 0 Å². The van der Waals surface area contributed by atoms with Crippen molar-refractivity contribution in [2.45, 2.75) is 65.1 Å². The Bertz CT molecular complexity index is 732. The highest BCUT2D eigenvalue weighted by atomic mass is 32.1. The number of carbonyl (C=O) groups is 2. The maximum absolute atomic E-state index is 13.2. The van der Waals surface area contributed by atoms with E-state index in [0.29, 0.717) is 50.6 Å². The number of piperidine rings is 1. The number of carboxylic acid groups (broad SMARTS) is 1. The molecule has 2 aliphatic rings. The fourth-order valence-corrected chi connectivity index (χ4v) is 4.60. The van der Waals surface area contributed by atoms with Gasteiger partial charge in [-0.25, -0.2) is 9.78 Å². The van der Waals surface area contributed by atoms with E-state index in [1.165, 1.54) is 16.2 Å². The van der Waals surface area contributed by atoms with Gasteiger partial charge in [0.1, 0.15) is 5.69 Å². The average molecular weight is 410 g/mol. The Morgan fingerprint density at radius 2 is 1.93 bits per heavy atom. The highest BCUT2D eigenvalue weighted by molar-refractivity contribution is 7.09. The lowest BCUT2D eigenvalue weighted by Crippen LogP contribution is -2.63. The van der Waals surface area contributed by atoms with E-state index in [1.54, 1.807) is 0 Å². The number of rotatable bonds is 2. The van der Waals surface area contributed by atoms with Crippen LogP contribution < -0.4 is 0 Å². The molecule has 3 rings (SSSR count). The highest BCUT2D eigenvalue weighted by Crippen LogP contribution is 2.38. The summed E-state index contributed by atoms with van der Waals surface area (Å²) in [7, 11) is 0. The molecule has 0 aromatic carbocycles. The third kappa shape index (κ3) is 4.33. The zero-order chi connectivity index (χ0) is 20.7. The van der Waals surface area contributed by atoms with Gasteiger partial charge in [0.25, 0.3) is 5.91 Å². The van der Waals surface area contributed by atoms with Crippen molar-refractivity contribution in [3.05, 3.63) is 16.1 Å². The molecule has 1 N–H and O–H groups in total. The molecule has 0 saturated carbocycles. The van der Waals surface area contributed by atoms with Crippen molar-refractivity contribution in [3.8, 4) is 0 Å². The van der Waals surface area contributed by atoms with Crippen LogP contribution in [0.2, 0.25) is 0 Å². The number of amides is 2. The van der Waals surface area contributed by atoms with Gasteiger partial charge in [0.05, 0.1) is 23.3 Å². The molecule has 0 bridgehead atoms. The highest BCUT2D eigenvalue weighted by Gasteiger charge is 2.47. The van der Waals surface area contributed by atoms with Crippen LogP contribution in [-0.4, -0.2) is 69.8 Å². The van der Waals surface area contributed by atoms with E-state index in [-0.39, 0.29) is 17.4 Å². The molecule has 1 unspecified atom stereocenters. The second kappa shape index (κ2) is 7.63. The van der Waals surface area contributed by atoms with Crippen molar-refractivity contribution >= 4 is 23.3 Å². The van der Waals surface area contributed by atoms with E-state index in [1.807, 2.05) is 10.3 Å². The van der Waals surface area contributed by atoms with E-state index < -0.39 is 11.7 Å². The first-order valence-corrected chi connectivity index (χ1v) is 10.8. The number of hydrogen-bond donors (Lipinski definition) is 1. The lowest BCUT2D eigenvalue weighted by atomic mass is 9.82. The Hall–Kier alpha value is -1.67. The molecule has 3 heterocycles. The summed E-state index contributed by atoms with van der Waals surface area (Å²) in [6, 6.07) is 0. The zero-order valence-electron chi connectivity index (χ0n) is 17.4. The molecule has 1 spiro atoms. The van der Waals surface area contributed by atoms with Crippen molar-refractivity contribution in [2.75, 3.05) is 26.2 Å². The molecule has 0 radical (unpaired) electrons. The fraction of sp³-hybridized carbons (Fsp3) is 0.750. The van der Waals surface area contributed by atoms with Crippen molar-refractivity contribution in [1.82, 2.24) is 14.8 Å². The summed E-state index contributed by atoms with van der Waals surface area (Å²) >= 11 is 1.53. The molecule has 28 heavy (non-hydrogen) atoms. The van der Waals surface area contributed by atoms with Gasteiger partial charge in [0.2, 0.25) is 0 Å². The van der Waals surface area contributed by atoms with Gasteiger partial charge in [-0.15, -0.1) is 11.3 Å². The maximum Gasteiger partial charge on any atom is 0.407 e. The van der Waals surface area contributed by atoms with Crippen LogP contribution in [0.1, 0.15) is 68.9 Å². The number of ether oxygens (including phenoxy) is 1. The van der Waals surface area contributed by atoms with Crippen LogP contribution in [0.25, 0.3) is 0 Å². The topological polar surface area (TPSA) is 83.0 Å². The predicted octanol–water partition coefficient (Wildman–Crippen LogP) is 3.67. The van der Waals surface area contributed by atoms with Crippen molar-refractivity contribution in [2.24, 2.45) is 5.41 Å². The summed E-state index contributed by atoms with van der Waals surface area (Å²) in [5.74, 6) is 0.242. The minimum absolute atomic E-state index is 0.0549. The smallest absolute Gasteiger partial charge is 0.407 e. The largest absolute Gasteiger partial charge is 0.465 e. The summed E-state index contributed by atoms with van der Waals surface area (Å²) in [5, 5.41) is 12.1. The molecule has 7 nitrogen and oxygen atoms in total. The van der Waals surface area contributed by atoms with Crippen LogP contribution in [0, 0.1) is 5.41 Å². The quantitative estimate of drug-likeness (QED) is 0.806. The monoisotopic (exact) mass is 409 g/mol. The van der Waals surface area contributed by atoms with Crippen molar-refractivity contribution < 1.29 is 19.4 Å². The summed E-state index contributed by atoms with van der Waals surface area (Å²) in [6.45, 7) is 12.4. The number of carbonyl (C=O) groups excluding carboxylic acids is 1. The van der Waals surface area contributed by atoms with Gasteiger partial charge in [-0.3, -0.25) is 4.79 Å². The van der Waals surface area contributed by atoms with Gasteiger partial charge < -0.3 is 19.6 Å². The normalized spacial score (nSPS) is 22.7. The number of likely N-dealkylation sites (tertiary alicyclic amines) is 1. The van der Waals surface area contributed by atoms with Crippen LogP contribution in [-0.2, 0) is 4.74 Å². The van der Waals surface area contributed by atoms with Gasteiger partial charge in [0.15, 0.2) is 0 Å². The number of nitrogens with zero attached hydrogens (tertiary/aromatic N) is 3. The molecule has 2 fully saturated rings. The molecule has 1 atom stereocenters. The lowest BCUT2D eigenvalue weighted by Gasteiger charge is -2.52.